The summed E-state index contributed by atoms with van der Waals surface area (Å²) in [5.41, 5.74) is 2.14. The fraction of sp³-hybridized carbons (Fsp3) is 0.300. The molecule has 7 heteroatoms. The number of aromatic nitrogens is 1. The van der Waals surface area contributed by atoms with Crippen molar-refractivity contribution in [2.45, 2.75) is 20.8 Å². The highest BCUT2D eigenvalue weighted by Gasteiger charge is 2.13. The third kappa shape index (κ3) is 5.64. The Morgan fingerprint density at radius 1 is 1.00 bits per heavy atom. The van der Waals surface area contributed by atoms with Gasteiger partial charge >= 0.3 is 5.97 Å². The molecule has 1 aromatic heterocycles. The van der Waals surface area contributed by atoms with Gasteiger partial charge in [-0.3, -0.25) is 14.6 Å². The lowest BCUT2D eigenvalue weighted by Gasteiger charge is -2.18. The second-order valence-corrected chi connectivity index (χ2v) is 5.87. The van der Waals surface area contributed by atoms with Crippen LogP contribution in [0, 0.1) is 6.92 Å². The molecule has 0 atom stereocenters. The van der Waals surface area contributed by atoms with Crippen LogP contribution in [0.1, 0.15) is 40.3 Å². The smallest absolute Gasteiger partial charge is 0.340 e. The van der Waals surface area contributed by atoms with Crippen molar-refractivity contribution < 1.29 is 19.1 Å². The van der Waals surface area contributed by atoms with E-state index in [4.69, 9.17) is 4.74 Å². The minimum absolute atomic E-state index is 0.0569. The zero-order valence-electron chi connectivity index (χ0n) is 15.7. The first-order valence-corrected chi connectivity index (χ1v) is 8.73. The summed E-state index contributed by atoms with van der Waals surface area (Å²) in [6.07, 6.45) is 1.40. The fourth-order valence-corrected chi connectivity index (χ4v) is 2.39. The number of carbonyl (C=O) groups is 3. The van der Waals surface area contributed by atoms with Gasteiger partial charge in [0, 0.05) is 36.2 Å². The van der Waals surface area contributed by atoms with E-state index in [1.807, 2.05) is 20.8 Å². The SMILES string of the molecule is CCN(CC)C(=O)c1ccc(NC(=O)COC(=O)c2ccc(C)nc2)cc1. The number of esters is 1. The number of pyridine rings is 1. The first-order valence-electron chi connectivity index (χ1n) is 8.73. The summed E-state index contributed by atoms with van der Waals surface area (Å²) in [6, 6.07) is 9.87. The van der Waals surface area contributed by atoms with E-state index >= 15 is 0 Å². The van der Waals surface area contributed by atoms with Gasteiger partial charge in [-0.15, -0.1) is 0 Å². The monoisotopic (exact) mass is 369 g/mol. The van der Waals surface area contributed by atoms with Crippen LogP contribution < -0.4 is 5.32 Å². The van der Waals surface area contributed by atoms with Crippen LogP contribution in [0.3, 0.4) is 0 Å². The number of hydrogen-bond donors (Lipinski definition) is 1. The molecule has 0 radical (unpaired) electrons. The summed E-state index contributed by atoms with van der Waals surface area (Å²) in [6.45, 7) is 6.51. The molecule has 2 amide bonds. The van der Waals surface area contributed by atoms with Gasteiger partial charge in [-0.1, -0.05) is 0 Å². The molecule has 2 aromatic rings. The molecule has 2 rings (SSSR count). The van der Waals surface area contributed by atoms with Gasteiger partial charge in [-0.05, 0) is 57.2 Å². The van der Waals surface area contributed by atoms with E-state index < -0.39 is 18.5 Å². The molecule has 1 heterocycles. The van der Waals surface area contributed by atoms with Gasteiger partial charge in [0.25, 0.3) is 11.8 Å². The maximum atomic E-state index is 12.2. The zero-order valence-corrected chi connectivity index (χ0v) is 15.7. The van der Waals surface area contributed by atoms with Crippen LogP contribution in [0.15, 0.2) is 42.6 Å². The normalized spacial score (nSPS) is 10.2. The van der Waals surface area contributed by atoms with Crippen molar-refractivity contribution in [2.24, 2.45) is 0 Å². The van der Waals surface area contributed by atoms with Crippen LogP contribution in [0.5, 0.6) is 0 Å². The van der Waals surface area contributed by atoms with Crippen LogP contribution in [0.25, 0.3) is 0 Å². The average molecular weight is 369 g/mol. The number of aryl methyl sites for hydroxylation is 1. The third-order valence-corrected chi connectivity index (χ3v) is 3.95. The molecule has 0 aliphatic carbocycles. The van der Waals surface area contributed by atoms with Gasteiger partial charge in [0.05, 0.1) is 5.56 Å². The predicted octanol–water partition coefficient (Wildman–Crippen LogP) is 2.67. The summed E-state index contributed by atoms with van der Waals surface area (Å²) < 4.78 is 4.97. The average Bonchev–Trinajstić information content (AvgIpc) is 2.68. The molecular formula is C20H23N3O4. The Balaban J connectivity index is 1.87. The lowest BCUT2D eigenvalue weighted by Crippen LogP contribution is -2.30. The molecule has 142 valence electrons. The number of nitrogens with one attached hydrogen (secondary N) is 1. The van der Waals surface area contributed by atoms with Crippen LogP contribution in [-0.2, 0) is 9.53 Å². The maximum absolute atomic E-state index is 12.2. The van der Waals surface area contributed by atoms with Crippen LogP contribution in [0.4, 0.5) is 5.69 Å². The summed E-state index contributed by atoms with van der Waals surface area (Å²) >= 11 is 0. The lowest BCUT2D eigenvalue weighted by atomic mass is 10.2. The van der Waals surface area contributed by atoms with E-state index in [0.29, 0.717) is 24.3 Å². The molecule has 7 nitrogen and oxygen atoms in total. The number of nitrogens with zero attached hydrogens (tertiary/aromatic N) is 2. The van der Waals surface area contributed by atoms with Crippen LogP contribution in [0.2, 0.25) is 0 Å². The molecule has 0 fully saturated rings. The molecule has 0 unspecified atom stereocenters. The van der Waals surface area contributed by atoms with E-state index in [1.54, 1.807) is 41.3 Å². The number of carbonyl (C=O) groups excluding carboxylic acids is 3. The van der Waals surface area contributed by atoms with Crippen molar-refractivity contribution in [3.63, 3.8) is 0 Å². The van der Waals surface area contributed by atoms with Crippen LogP contribution >= 0.6 is 0 Å². The fourth-order valence-electron chi connectivity index (χ4n) is 2.39. The maximum Gasteiger partial charge on any atom is 0.340 e. The second-order valence-electron chi connectivity index (χ2n) is 5.87. The lowest BCUT2D eigenvalue weighted by molar-refractivity contribution is -0.119. The highest BCUT2D eigenvalue weighted by atomic mass is 16.5. The minimum Gasteiger partial charge on any atom is -0.452 e. The Kier molecular flexibility index (Phi) is 7.05. The summed E-state index contributed by atoms with van der Waals surface area (Å²) in [5.74, 6) is -1.14. The van der Waals surface area contributed by atoms with Gasteiger partial charge in [-0.2, -0.15) is 0 Å². The highest BCUT2D eigenvalue weighted by molar-refractivity contribution is 5.97. The first-order chi connectivity index (χ1) is 12.9. The summed E-state index contributed by atoms with van der Waals surface area (Å²) in [4.78, 5) is 41.8. The topological polar surface area (TPSA) is 88.6 Å². The van der Waals surface area contributed by atoms with E-state index in [9.17, 15) is 14.4 Å². The Morgan fingerprint density at radius 3 is 2.19 bits per heavy atom. The first kappa shape index (κ1) is 20.1. The van der Waals surface area contributed by atoms with Gasteiger partial charge < -0.3 is 15.0 Å². The number of anilines is 1. The number of hydrogen-bond acceptors (Lipinski definition) is 5. The quantitative estimate of drug-likeness (QED) is 0.758. The Hall–Kier alpha value is -3.22. The molecule has 1 aromatic carbocycles. The van der Waals surface area contributed by atoms with Gasteiger partial charge in [0.1, 0.15) is 0 Å². The Bertz CT molecular complexity index is 797. The summed E-state index contributed by atoms with van der Waals surface area (Å²) in [7, 11) is 0. The number of amides is 2. The van der Waals surface area contributed by atoms with Crippen molar-refractivity contribution in [3.8, 4) is 0 Å². The zero-order chi connectivity index (χ0) is 19.8. The molecule has 0 spiro atoms. The van der Waals surface area contributed by atoms with Crippen LogP contribution in [-0.4, -0.2) is 47.4 Å². The number of ether oxygens (including phenoxy) is 1. The van der Waals surface area contributed by atoms with Crippen molar-refractivity contribution in [3.05, 3.63) is 59.4 Å². The van der Waals surface area contributed by atoms with E-state index in [-0.39, 0.29) is 11.5 Å². The number of benzene rings is 1. The van der Waals surface area contributed by atoms with Crippen molar-refractivity contribution in [2.75, 3.05) is 25.0 Å². The largest absolute Gasteiger partial charge is 0.452 e. The Morgan fingerprint density at radius 2 is 1.63 bits per heavy atom. The van der Waals surface area contributed by atoms with Gasteiger partial charge in [0.2, 0.25) is 0 Å². The molecule has 27 heavy (non-hydrogen) atoms. The molecule has 0 aliphatic heterocycles. The summed E-state index contributed by atoms with van der Waals surface area (Å²) in [5, 5.41) is 2.62. The highest BCUT2D eigenvalue weighted by Crippen LogP contribution is 2.12. The minimum atomic E-state index is -0.613. The van der Waals surface area contributed by atoms with E-state index in [0.717, 1.165) is 5.69 Å². The molecule has 0 saturated heterocycles. The van der Waals surface area contributed by atoms with Crippen molar-refractivity contribution >= 4 is 23.5 Å². The molecule has 0 saturated carbocycles. The molecule has 0 bridgehead atoms. The second kappa shape index (κ2) is 9.47. The van der Waals surface area contributed by atoms with E-state index in [2.05, 4.69) is 10.3 Å². The van der Waals surface area contributed by atoms with Gasteiger partial charge in [0.15, 0.2) is 6.61 Å². The molecule has 1 N–H and O–H groups in total. The molecule has 0 aliphatic rings. The van der Waals surface area contributed by atoms with E-state index in [1.165, 1.54) is 6.20 Å². The standard InChI is InChI=1S/C20H23N3O4/c1-4-23(5-2)19(25)15-8-10-17(11-9-15)22-18(24)13-27-20(26)16-7-6-14(3)21-12-16/h6-12H,4-5,13H2,1-3H3,(H,22,24). The third-order valence-electron chi connectivity index (χ3n) is 3.95. The Labute approximate surface area is 158 Å². The molecular weight excluding hydrogens is 346 g/mol. The van der Waals surface area contributed by atoms with Crippen molar-refractivity contribution in [1.29, 1.82) is 0 Å². The van der Waals surface area contributed by atoms with Gasteiger partial charge in [-0.25, -0.2) is 4.79 Å². The number of rotatable bonds is 7. The predicted molar refractivity (Wildman–Crippen MR) is 102 cm³/mol. The van der Waals surface area contributed by atoms with Crippen molar-refractivity contribution in [1.82, 2.24) is 9.88 Å².